The lowest BCUT2D eigenvalue weighted by molar-refractivity contribution is 0.0870. The number of thiophene rings is 1. The van der Waals surface area contributed by atoms with Gasteiger partial charge in [0.1, 0.15) is 15.6 Å². The van der Waals surface area contributed by atoms with Gasteiger partial charge in [0.2, 0.25) is 0 Å². The van der Waals surface area contributed by atoms with E-state index in [1.54, 1.807) is 0 Å². The van der Waals surface area contributed by atoms with Crippen LogP contribution in [0.5, 0.6) is 5.75 Å². The Morgan fingerprint density at radius 3 is 2.70 bits per heavy atom. The maximum Gasteiger partial charge on any atom is 0.263 e. The van der Waals surface area contributed by atoms with Crippen LogP contribution in [0.15, 0.2) is 0 Å². The van der Waals surface area contributed by atoms with E-state index < -0.39 is 0 Å². The third-order valence-electron chi connectivity index (χ3n) is 2.49. The second-order valence-electron chi connectivity index (χ2n) is 4.41. The zero-order valence-corrected chi connectivity index (χ0v) is 13.2. The molecule has 0 bridgehead atoms. The van der Waals surface area contributed by atoms with Gasteiger partial charge in [0.05, 0.1) is 19.8 Å². The van der Waals surface area contributed by atoms with Gasteiger partial charge in [-0.05, 0) is 20.8 Å². The van der Waals surface area contributed by atoms with Gasteiger partial charge in [-0.3, -0.25) is 4.79 Å². The monoisotopic (exact) mass is 301 g/mol. The molecule has 20 heavy (non-hydrogen) atoms. The summed E-state index contributed by atoms with van der Waals surface area (Å²) in [5.74, 6) is 0.334. The van der Waals surface area contributed by atoms with Crippen LogP contribution < -0.4 is 21.1 Å². The molecule has 0 radical (unpaired) electrons. The molecule has 0 aromatic carbocycles. The van der Waals surface area contributed by atoms with Gasteiger partial charge in [-0.2, -0.15) is 0 Å². The number of hydrogen-bond acceptors (Lipinski definition) is 6. The summed E-state index contributed by atoms with van der Waals surface area (Å²) in [5, 5.41) is 6.67. The molecule has 0 aliphatic carbocycles. The molecule has 0 saturated carbocycles. The van der Waals surface area contributed by atoms with Crippen molar-refractivity contribution in [1.82, 2.24) is 5.32 Å². The van der Waals surface area contributed by atoms with Crippen molar-refractivity contribution in [3.63, 3.8) is 0 Å². The summed E-state index contributed by atoms with van der Waals surface area (Å²) in [4.78, 5) is 12.3. The van der Waals surface area contributed by atoms with Gasteiger partial charge >= 0.3 is 0 Å². The molecular formula is C13H23N3O3S. The highest BCUT2D eigenvalue weighted by Crippen LogP contribution is 2.42. The highest BCUT2D eigenvalue weighted by Gasteiger charge is 2.21. The van der Waals surface area contributed by atoms with Gasteiger partial charge in [0.25, 0.3) is 5.91 Å². The van der Waals surface area contributed by atoms with Crippen molar-refractivity contribution in [2.24, 2.45) is 0 Å². The van der Waals surface area contributed by atoms with Crippen molar-refractivity contribution in [1.29, 1.82) is 0 Å². The number of carbonyl (C=O) groups excluding carboxylic acids is 1. The minimum Gasteiger partial charge on any atom is -0.492 e. The Bertz CT molecular complexity index is 446. The molecule has 0 atom stereocenters. The standard InChI is InChI=1S/C13H23N3O3S/c1-5-15-12(17)11-9(14)10(18-4)13(20-11)16-6-7-19-8(2)3/h8,16H,5-7,14H2,1-4H3,(H,15,17). The number of ether oxygens (including phenoxy) is 2. The molecule has 0 spiro atoms. The lowest BCUT2D eigenvalue weighted by atomic mass is 10.3. The van der Waals surface area contributed by atoms with Crippen LogP contribution >= 0.6 is 11.3 Å². The number of methoxy groups -OCH3 is 1. The number of nitrogens with one attached hydrogen (secondary N) is 2. The van der Waals surface area contributed by atoms with Crippen molar-refractivity contribution in [2.75, 3.05) is 37.9 Å². The number of rotatable bonds is 8. The van der Waals surface area contributed by atoms with Crippen LogP contribution in [0.1, 0.15) is 30.4 Å². The number of nitrogen functional groups attached to an aromatic ring is 1. The lowest BCUT2D eigenvalue weighted by Gasteiger charge is -2.09. The summed E-state index contributed by atoms with van der Waals surface area (Å²) in [7, 11) is 1.54. The number of carbonyl (C=O) groups is 1. The van der Waals surface area contributed by atoms with Crippen molar-refractivity contribution < 1.29 is 14.3 Å². The average molecular weight is 301 g/mol. The Balaban J connectivity index is 2.75. The highest BCUT2D eigenvalue weighted by atomic mass is 32.1. The molecule has 0 aliphatic rings. The SMILES string of the molecule is CCNC(=O)c1sc(NCCOC(C)C)c(OC)c1N. The summed E-state index contributed by atoms with van der Waals surface area (Å²) in [6.07, 6.45) is 0.193. The first-order valence-corrected chi connectivity index (χ1v) is 7.42. The number of hydrogen-bond donors (Lipinski definition) is 3. The molecule has 1 amide bonds. The largest absolute Gasteiger partial charge is 0.492 e. The molecule has 0 unspecified atom stereocenters. The van der Waals surface area contributed by atoms with Crippen LogP contribution in [0.2, 0.25) is 0 Å². The molecule has 7 heteroatoms. The quantitative estimate of drug-likeness (QED) is 0.639. The molecule has 1 aromatic heterocycles. The second-order valence-corrected chi connectivity index (χ2v) is 5.43. The minimum atomic E-state index is -0.181. The molecule has 0 aliphatic heterocycles. The van der Waals surface area contributed by atoms with E-state index in [4.69, 9.17) is 15.2 Å². The zero-order valence-electron chi connectivity index (χ0n) is 12.4. The fraction of sp³-hybridized carbons (Fsp3) is 0.615. The smallest absolute Gasteiger partial charge is 0.263 e. The molecule has 1 rings (SSSR count). The van der Waals surface area contributed by atoms with Crippen LogP contribution in [-0.2, 0) is 4.74 Å². The van der Waals surface area contributed by atoms with E-state index in [-0.39, 0.29) is 12.0 Å². The van der Waals surface area contributed by atoms with Crippen molar-refractivity contribution in [3.05, 3.63) is 4.88 Å². The molecule has 6 nitrogen and oxygen atoms in total. The molecule has 0 fully saturated rings. The van der Waals surface area contributed by atoms with Gasteiger partial charge in [-0.15, -0.1) is 11.3 Å². The summed E-state index contributed by atoms with van der Waals surface area (Å²) in [6.45, 7) is 7.59. The number of amides is 1. The van der Waals surface area contributed by atoms with E-state index in [0.29, 0.717) is 36.0 Å². The van der Waals surface area contributed by atoms with Gasteiger partial charge in [-0.25, -0.2) is 0 Å². The van der Waals surface area contributed by atoms with Gasteiger partial charge in [0, 0.05) is 13.1 Å². The predicted octanol–water partition coefficient (Wildman–Crippen LogP) is 1.93. The van der Waals surface area contributed by atoms with Gasteiger partial charge < -0.3 is 25.8 Å². The summed E-state index contributed by atoms with van der Waals surface area (Å²) >= 11 is 1.29. The maximum atomic E-state index is 11.9. The van der Waals surface area contributed by atoms with Crippen LogP contribution in [-0.4, -0.2) is 38.8 Å². The Kier molecular flexibility index (Phi) is 6.60. The Morgan fingerprint density at radius 1 is 1.45 bits per heavy atom. The number of nitrogens with two attached hydrogens (primary N) is 1. The topological polar surface area (TPSA) is 85.6 Å². The fourth-order valence-electron chi connectivity index (χ4n) is 1.62. The molecule has 1 aromatic rings. The van der Waals surface area contributed by atoms with Crippen LogP contribution in [0, 0.1) is 0 Å². The molecule has 1 heterocycles. The van der Waals surface area contributed by atoms with E-state index in [0.717, 1.165) is 5.00 Å². The Morgan fingerprint density at radius 2 is 2.15 bits per heavy atom. The zero-order chi connectivity index (χ0) is 15.1. The summed E-state index contributed by atoms with van der Waals surface area (Å²) < 4.78 is 10.7. The highest BCUT2D eigenvalue weighted by molar-refractivity contribution is 7.19. The van der Waals surface area contributed by atoms with E-state index >= 15 is 0 Å². The van der Waals surface area contributed by atoms with Crippen molar-refractivity contribution >= 4 is 27.9 Å². The third kappa shape index (κ3) is 4.28. The Labute approximate surface area is 123 Å². The predicted molar refractivity (Wildman–Crippen MR) is 82.9 cm³/mol. The first kappa shape index (κ1) is 16.6. The van der Waals surface area contributed by atoms with E-state index in [1.165, 1.54) is 18.4 Å². The summed E-state index contributed by atoms with van der Waals surface area (Å²) in [6, 6.07) is 0. The van der Waals surface area contributed by atoms with E-state index in [9.17, 15) is 4.79 Å². The Hall–Kier alpha value is -1.47. The third-order valence-corrected chi connectivity index (χ3v) is 3.63. The van der Waals surface area contributed by atoms with Crippen LogP contribution in [0.3, 0.4) is 0 Å². The first-order valence-electron chi connectivity index (χ1n) is 6.61. The van der Waals surface area contributed by atoms with E-state index in [2.05, 4.69) is 10.6 Å². The molecular weight excluding hydrogens is 278 g/mol. The molecule has 0 saturated heterocycles. The number of anilines is 2. The fourth-order valence-corrected chi connectivity index (χ4v) is 2.65. The molecule has 114 valence electrons. The van der Waals surface area contributed by atoms with Gasteiger partial charge in [-0.1, -0.05) is 0 Å². The maximum absolute atomic E-state index is 11.9. The van der Waals surface area contributed by atoms with E-state index in [1.807, 2.05) is 20.8 Å². The van der Waals surface area contributed by atoms with Crippen molar-refractivity contribution in [3.8, 4) is 5.75 Å². The van der Waals surface area contributed by atoms with Crippen LogP contribution in [0.25, 0.3) is 0 Å². The lowest BCUT2D eigenvalue weighted by Crippen LogP contribution is -2.22. The minimum absolute atomic E-state index is 0.181. The van der Waals surface area contributed by atoms with Gasteiger partial charge in [0.15, 0.2) is 5.75 Å². The second kappa shape index (κ2) is 7.96. The normalized spacial score (nSPS) is 10.7. The van der Waals surface area contributed by atoms with Crippen LogP contribution in [0.4, 0.5) is 10.7 Å². The first-order chi connectivity index (χ1) is 9.51. The van der Waals surface area contributed by atoms with Crippen molar-refractivity contribution in [2.45, 2.75) is 26.9 Å². The molecule has 4 N–H and O–H groups in total. The summed E-state index contributed by atoms with van der Waals surface area (Å²) in [5.41, 5.74) is 6.32. The average Bonchev–Trinajstić information content (AvgIpc) is 2.71.